The number of aromatic nitrogens is 4. The summed E-state index contributed by atoms with van der Waals surface area (Å²) < 4.78 is 1.73. The molecule has 2 aromatic heterocycles. The van der Waals surface area contributed by atoms with Gasteiger partial charge in [-0.2, -0.15) is 5.10 Å². The zero-order valence-corrected chi connectivity index (χ0v) is 19.1. The average Bonchev–Trinajstić information content (AvgIpc) is 3.11. The maximum absolute atomic E-state index is 13.5. The quantitative estimate of drug-likeness (QED) is 0.608. The number of anilines is 1. The summed E-state index contributed by atoms with van der Waals surface area (Å²) in [5.74, 6) is 0.619. The van der Waals surface area contributed by atoms with Gasteiger partial charge in [0.2, 0.25) is 5.95 Å². The molecule has 4 rings (SSSR count). The van der Waals surface area contributed by atoms with Crippen LogP contribution < -0.4 is 4.90 Å². The number of piperidine rings is 1. The summed E-state index contributed by atoms with van der Waals surface area (Å²) in [5.41, 5.74) is 4.21. The van der Waals surface area contributed by atoms with Crippen molar-refractivity contribution >= 4 is 23.5 Å². The predicted molar refractivity (Wildman–Crippen MR) is 122 cm³/mol. The van der Waals surface area contributed by atoms with E-state index in [9.17, 15) is 4.79 Å². The maximum Gasteiger partial charge on any atom is 0.257 e. The molecule has 0 N–H and O–H groups in total. The van der Waals surface area contributed by atoms with Crippen molar-refractivity contribution in [2.24, 2.45) is 7.05 Å². The molecule has 3 heterocycles. The predicted octanol–water partition coefficient (Wildman–Crippen LogP) is 4.27. The number of rotatable bonds is 4. The molecule has 1 fully saturated rings. The van der Waals surface area contributed by atoms with Gasteiger partial charge in [-0.25, -0.2) is 9.97 Å². The lowest BCUT2D eigenvalue weighted by molar-refractivity contribution is 0.0606. The first-order chi connectivity index (χ1) is 14.9. The van der Waals surface area contributed by atoms with Crippen LogP contribution in [0.2, 0.25) is 5.02 Å². The number of carbonyl (C=O) groups is 1. The van der Waals surface area contributed by atoms with Gasteiger partial charge in [0, 0.05) is 50.2 Å². The Morgan fingerprint density at radius 2 is 2.03 bits per heavy atom. The van der Waals surface area contributed by atoms with Gasteiger partial charge in [-0.15, -0.1) is 0 Å². The molecule has 0 spiro atoms. The Hall–Kier alpha value is -2.93. The lowest BCUT2D eigenvalue weighted by Crippen LogP contribution is -2.39. The average molecular weight is 439 g/mol. The van der Waals surface area contributed by atoms with Crippen molar-refractivity contribution in [3.8, 4) is 11.1 Å². The molecule has 8 heteroatoms. The van der Waals surface area contributed by atoms with Gasteiger partial charge in [-0.05, 0) is 43.9 Å². The van der Waals surface area contributed by atoms with E-state index in [1.807, 2.05) is 68.3 Å². The van der Waals surface area contributed by atoms with E-state index in [-0.39, 0.29) is 11.9 Å². The molecular formula is C23H27ClN6O. The minimum absolute atomic E-state index is 0.00245. The Morgan fingerprint density at radius 1 is 1.23 bits per heavy atom. The number of likely N-dealkylation sites (tertiary alicyclic amines) is 1. The van der Waals surface area contributed by atoms with E-state index in [2.05, 4.69) is 10.1 Å². The summed E-state index contributed by atoms with van der Waals surface area (Å²) in [4.78, 5) is 26.8. The van der Waals surface area contributed by atoms with E-state index < -0.39 is 0 Å². The molecule has 1 saturated heterocycles. The fourth-order valence-corrected chi connectivity index (χ4v) is 4.25. The van der Waals surface area contributed by atoms with Gasteiger partial charge in [-0.3, -0.25) is 9.48 Å². The van der Waals surface area contributed by atoms with Crippen LogP contribution in [0.4, 0.5) is 5.95 Å². The van der Waals surface area contributed by atoms with E-state index in [4.69, 9.17) is 16.6 Å². The lowest BCUT2D eigenvalue weighted by atomic mass is 9.93. The molecule has 7 nitrogen and oxygen atoms in total. The lowest BCUT2D eigenvalue weighted by Gasteiger charge is -2.36. The third-order valence-corrected chi connectivity index (χ3v) is 6.12. The van der Waals surface area contributed by atoms with Crippen LogP contribution in [0.5, 0.6) is 0 Å². The highest BCUT2D eigenvalue weighted by molar-refractivity contribution is 6.30. The number of carbonyl (C=O) groups excluding carboxylic acids is 1. The van der Waals surface area contributed by atoms with Crippen molar-refractivity contribution in [1.29, 1.82) is 0 Å². The highest BCUT2D eigenvalue weighted by Crippen LogP contribution is 2.37. The van der Waals surface area contributed by atoms with Crippen molar-refractivity contribution in [3.63, 3.8) is 0 Å². The van der Waals surface area contributed by atoms with Crippen molar-refractivity contribution in [3.05, 3.63) is 58.6 Å². The topological polar surface area (TPSA) is 67.2 Å². The minimum Gasteiger partial charge on any atom is -0.347 e. The monoisotopic (exact) mass is 438 g/mol. The molecule has 1 amide bonds. The number of nitrogens with zero attached hydrogens (tertiary/aromatic N) is 6. The third-order valence-electron chi connectivity index (χ3n) is 5.89. The Balaban J connectivity index is 1.82. The number of amides is 1. The zero-order valence-electron chi connectivity index (χ0n) is 18.3. The number of benzene rings is 1. The second kappa shape index (κ2) is 8.67. The van der Waals surface area contributed by atoms with Crippen molar-refractivity contribution in [2.45, 2.75) is 32.2 Å². The highest BCUT2D eigenvalue weighted by Gasteiger charge is 2.33. The van der Waals surface area contributed by atoms with E-state index in [0.29, 0.717) is 23.1 Å². The Bertz CT molecular complexity index is 1110. The molecule has 31 heavy (non-hydrogen) atoms. The summed E-state index contributed by atoms with van der Waals surface area (Å²) in [7, 11) is 5.69. The molecule has 0 saturated carbocycles. The fraction of sp³-hybridized carbons (Fsp3) is 0.391. The van der Waals surface area contributed by atoms with Crippen LogP contribution in [0, 0.1) is 6.92 Å². The van der Waals surface area contributed by atoms with Gasteiger partial charge < -0.3 is 9.80 Å². The molecule has 1 aromatic carbocycles. The van der Waals surface area contributed by atoms with Crippen molar-refractivity contribution < 1.29 is 4.79 Å². The van der Waals surface area contributed by atoms with Crippen molar-refractivity contribution in [2.75, 3.05) is 25.5 Å². The van der Waals surface area contributed by atoms with Gasteiger partial charge in [0.25, 0.3) is 5.91 Å². The first kappa shape index (κ1) is 21.3. The van der Waals surface area contributed by atoms with Gasteiger partial charge in [0.15, 0.2) is 0 Å². The van der Waals surface area contributed by atoms with E-state index >= 15 is 0 Å². The van der Waals surface area contributed by atoms with Crippen LogP contribution in [0.1, 0.15) is 47.1 Å². The SMILES string of the molecule is Cc1c(C(=O)N2CCCC[C@H]2c2nc(N(C)C)ncc2-c2cccc(Cl)c2)cnn1C. The number of halogens is 1. The van der Waals surface area contributed by atoms with Crippen LogP contribution in [0.25, 0.3) is 11.1 Å². The summed E-state index contributed by atoms with van der Waals surface area (Å²) in [6, 6.07) is 7.55. The van der Waals surface area contributed by atoms with E-state index in [0.717, 1.165) is 41.8 Å². The van der Waals surface area contributed by atoms with Gasteiger partial charge in [0.1, 0.15) is 0 Å². The van der Waals surface area contributed by atoms with Crippen LogP contribution in [0.3, 0.4) is 0 Å². The van der Waals surface area contributed by atoms with Crippen molar-refractivity contribution in [1.82, 2.24) is 24.6 Å². The Labute approximate surface area is 187 Å². The van der Waals surface area contributed by atoms with Gasteiger partial charge in [-0.1, -0.05) is 23.7 Å². The number of aryl methyl sites for hydroxylation is 1. The summed E-state index contributed by atoms with van der Waals surface area (Å²) in [5, 5.41) is 4.92. The normalized spacial score (nSPS) is 16.4. The molecule has 0 unspecified atom stereocenters. The minimum atomic E-state index is -0.142. The Kier molecular flexibility index (Phi) is 5.96. The molecule has 1 atom stereocenters. The molecule has 162 valence electrons. The first-order valence-corrected chi connectivity index (χ1v) is 10.8. The smallest absolute Gasteiger partial charge is 0.257 e. The summed E-state index contributed by atoms with van der Waals surface area (Å²) >= 11 is 6.27. The molecule has 0 aliphatic carbocycles. The molecule has 3 aromatic rings. The van der Waals surface area contributed by atoms with Crippen LogP contribution in [-0.4, -0.2) is 51.2 Å². The summed E-state index contributed by atoms with van der Waals surface area (Å²) in [6.45, 7) is 2.61. The molecule has 0 radical (unpaired) electrons. The number of hydrogen-bond donors (Lipinski definition) is 0. The maximum atomic E-state index is 13.5. The van der Waals surface area contributed by atoms with Gasteiger partial charge >= 0.3 is 0 Å². The molecule has 0 bridgehead atoms. The van der Waals surface area contributed by atoms with E-state index in [1.165, 1.54) is 0 Å². The highest BCUT2D eigenvalue weighted by atomic mass is 35.5. The zero-order chi connectivity index (χ0) is 22.1. The largest absolute Gasteiger partial charge is 0.347 e. The summed E-state index contributed by atoms with van der Waals surface area (Å²) in [6.07, 6.45) is 6.36. The second-order valence-electron chi connectivity index (χ2n) is 8.15. The molecule has 1 aliphatic rings. The number of hydrogen-bond acceptors (Lipinski definition) is 5. The Morgan fingerprint density at radius 3 is 2.71 bits per heavy atom. The van der Waals surface area contributed by atoms with Crippen LogP contribution in [0.15, 0.2) is 36.7 Å². The first-order valence-electron chi connectivity index (χ1n) is 10.5. The third kappa shape index (κ3) is 4.14. The van der Waals surface area contributed by atoms with Crippen LogP contribution in [-0.2, 0) is 7.05 Å². The standard InChI is InChI=1S/C23H27ClN6O/c1-15-18(14-26-29(15)4)22(31)30-11-6-5-10-20(30)21-19(13-25-23(27-21)28(2)3)16-8-7-9-17(24)12-16/h7-9,12-14,20H,5-6,10-11H2,1-4H3/t20-/m0/s1. The fourth-order valence-electron chi connectivity index (χ4n) is 4.06. The van der Waals surface area contributed by atoms with Gasteiger partial charge in [0.05, 0.1) is 23.5 Å². The van der Waals surface area contributed by atoms with Crippen LogP contribution >= 0.6 is 11.6 Å². The second-order valence-corrected chi connectivity index (χ2v) is 8.59. The molecular weight excluding hydrogens is 412 g/mol. The van der Waals surface area contributed by atoms with E-state index in [1.54, 1.807) is 10.9 Å². The molecule has 1 aliphatic heterocycles.